The lowest BCUT2D eigenvalue weighted by atomic mass is 10.1. The third kappa shape index (κ3) is 3.21. The van der Waals surface area contributed by atoms with E-state index in [0.717, 1.165) is 38.4 Å². The second-order valence-corrected chi connectivity index (χ2v) is 5.01. The van der Waals surface area contributed by atoms with Gasteiger partial charge in [-0.2, -0.15) is 0 Å². The Kier molecular flexibility index (Phi) is 4.55. The maximum Gasteiger partial charge on any atom is 0.131 e. The van der Waals surface area contributed by atoms with Crippen molar-refractivity contribution in [2.24, 2.45) is 5.73 Å². The molecule has 2 unspecified atom stereocenters. The fourth-order valence-electron chi connectivity index (χ4n) is 2.38. The van der Waals surface area contributed by atoms with E-state index in [1.807, 2.05) is 19.2 Å². The van der Waals surface area contributed by atoms with E-state index in [0.29, 0.717) is 6.10 Å². The van der Waals surface area contributed by atoms with Crippen LogP contribution in [0.4, 0.5) is 5.82 Å². The zero-order valence-corrected chi connectivity index (χ0v) is 11.3. The number of hydrogen-bond acceptors (Lipinski definition) is 4. The summed E-state index contributed by atoms with van der Waals surface area (Å²) in [7, 11) is 0. The lowest BCUT2D eigenvalue weighted by Crippen LogP contribution is -2.43. The number of ether oxygens (including phenoxy) is 1. The fourth-order valence-corrected chi connectivity index (χ4v) is 2.38. The topological polar surface area (TPSA) is 51.4 Å². The molecule has 0 amide bonds. The summed E-state index contributed by atoms with van der Waals surface area (Å²) in [5, 5.41) is 0. The van der Waals surface area contributed by atoms with Crippen molar-refractivity contribution in [3.63, 3.8) is 0 Å². The maximum atomic E-state index is 5.91. The lowest BCUT2D eigenvalue weighted by molar-refractivity contribution is 0.0381. The van der Waals surface area contributed by atoms with Gasteiger partial charge in [-0.1, -0.05) is 13.0 Å². The van der Waals surface area contributed by atoms with Gasteiger partial charge in [-0.15, -0.1) is 0 Å². The van der Waals surface area contributed by atoms with Gasteiger partial charge in [0.1, 0.15) is 5.82 Å². The summed E-state index contributed by atoms with van der Waals surface area (Å²) >= 11 is 0. The Morgan fingerprint density at radius 3 is 3.17 bits per heavy atom. The van der Waals surface area contributed by atoms with Crippen molar-refractivity contribution < 1.29 is 4.74 Å². The van der Waals surface area contributed by atoms with Crippen molar-refractivity contribution in [2.75, 3.05) is 24.6 Å². The van der Waals surface area contributed by atoms with Gasteiger partial charge in [-0.05, 0) is 31.4 Å². The molecule has 18 heavy (non-hydrogen) atoms. The summed E-state index contributed by atoms with van der Waals surface area (Å²) in [6.07, 6.45) is 4.10. The van der Waals surface area contributed by atoms with E-state index in [1.54, 1.807) is 0 Å². The molecule has 2 heterocycles. The summed E-state index contributed by atoms with van der Waals surface area (Å²) in [5.74, 6) is 1.08. The van der Waals surface area contributed by atoms with Crippen LogP contribution in [0.25, 0.3) is 0 Å². The first kappa shape index (κ1) is 13.3. The molecule has 4 nitrogen and oxygen atoms in total. The van der Waals surface area contributed by atoms with Crippen molar-refractivity contribution in [1.82, 2.24) is 4.98 Å². The Morgan fingerprint density at radius 1 is 1.61 bits per heavy atom. The molecular formula is C14H23N3O. The van der Waals surface area contributed by atoms with E-state index in [9.17, 15) is 0 Å². The zero-order chi connectivity index (χ0) is 13.0. The van der Waals surface area contributed by atoms with Crippen LogP contribution in [0.15, 0.2) is 18.3 Å². The van der Waals surface area contributed by atoms with Crippen molar-refractivity contribution in [2.45, 2.75) is 38.8 Å². The molecule has 2 rings (SSSR count). The van der Waals surface area contributed by atoms with Gasteiger partial charge in [0.25, 0.3) is 0 Å². The number of aromatic nitrogens is 1. The highest BCUT2D eigenvalue weighted by molar-refractivity contribution is 5.47. The molecular weight excluding hydrogens is 226 g/mol. The molecule has 4 heteroatoms. The van der Waals surface area contributed by atoms with Crippen LogP contribution in [0.2, 0.25) is 0 Å². The van der Waals surface area contributed by atoms with Gasteiger partial charge in [0.15, 0.2) is 0 Å². The first-order chi connectivity index (χ1) is 8.70. The van der Waals surface area contributed by atoms with Crippen LogP contribution in [0.1, 0.15) is 25.8 Å². The molecule has 1 aromatic heterocycles. The number of rotatable bonds is 4. The van der Waals surface area contributed by atoms with E-state index in [1.165, 1.54) is 5.56 Å². The predicted octanol–water partition coefficient (Wildman–Crippen LogP) is 1.59. The van der Waals surface area contributed by atoms with Crippen molar-refractivity contribution >= 4 is 5.82 Å². The standard InChI is InChI=1S/C14H23N3O/c1-3-13-10-17(7-8-18-13)14-12(9-11(2)15)5-4-6-16-14/h4-6,11,13H,3,7-10,15H2,1-2H3. The van der Waals surface area contributed by atoms with Gasteiger partial charge in [-0.25, -0.2) is 4.98 Å². The monoisotopic (exact) mass is 249 g/mol. The van der Waals surface area contributed by atoms with Gasteiger partial charge in [0.2, 0.25) is 0 Å². The number of pyridine rings is 1. The Balaban J connectivity index is 2.16. The van der Waals surface area contributed by atoms with E-state index in [-0.39, 0.29) is 6.04 Å². The third-order valence-electron chi connectivity index (χ3n) is 3.30. The molecule has 1 aliphatic heterocycles. The third-order valence-corrected chi connectivity index (χ3v) is 3.30. The number of nitrogens with zero attached hydrogens (tertiary/aromatic N) is 2. The predicted molar refractivity (Wildman–Crippen MR) is 73.8 cm³/mol. The molecule has 1 aliphatic rings. The fraction of sp³-hybridized carbons (Fsp3) is 0.643. The van der Waals surface area contributed by atoms with E-state index < -0.39 is 0 Å². The first-order valence-corrected chi connectivity index (χ1v) is 6.76. The molecule has 1 aromatic rings. The highest BCUT2D eigenvalue weighted by atomic mass is 16.5. The SMILES string of the molecule is CCC1CN(c2ncccc2CC(C)N)CCO1. The van der Waals surface area contributed by atoms with E-state index >= 15 is 0 Å². The van der Waals surface area contributed by atoms with E-state index in [4.69, 9.17) is 10.5 Å². The Labute approximate surface area is 109 Å². The highest BCUT2D eigenvalue weighted by Crippen LogP contribution is 2.21. The quantitative estimate of drug-likeness (QED) is 0.880. The molecule has 1 fully saturated rings. The van der Waals surface area contributed by atoms with Crippen LogP contribution in [-0.2, 0) is 11.2 Å². The van der Waals surface area contributed by atoms with Gasteiger partial charge in [0, 0.05) is 25.3 Å². The molecule has 0 bridgehead atoms. The number of anilines is 1. The second kappa shape index (κ2) is 6.16. The normalized spacial score (nSPS) is 21.9. The summed E-state index contributed by atoms with van der Waals surface area (Å²) in [5.41, 5.74) is 7.15. The Bertz CT molecular complexity index is 381. The Hall–Kier alpha value is -1.13. The Morgan fingerprint density at radius 2 is 2.44 bits per heavy atom. The molecule has 0 aliphatic carbocycles. The molecule has 0 spiro atoms. The van der Waals surface area contributed by atoms with Crippen LogP contribution in [-0.4, -0.2) is 36.8 Å². The van der Waals surface area contributed by atoms with Crippen LogP contribution in [0.3, 0.4) is 0 Å². The van der Waals surface area contributed by atoms with Gasteiger partial charge in [0.05, 0.1) is 12.7 Å². The van der Waals surface area contributed by atoms with Gasteiger partial charge >= 0.3 is 0 Å². The van der Waals surface area contributed by atoms with Crippen LogP contribution < -0.4 is 10.6 Å². The minimum absolute atomic E-state index is 0.163. The van der Waals surface area contributed by atoms with Crippen molar-refractivity contribution in [3.05, 3.63) is 23.9 Å². The average Bonchev–Trinajstić information content (AvgIpc) is 2.39. The van der Waals surface area contributed by atoms with Crippen LogP contribution >= 0.6 is 0 Å². The van der Waals surface area contributed by atoms with Crippen LogP contribution in [0.5, 0.6) is 0 Å². The molecule has 0 saturated carbocycles. The summed E-state index contributed by atoms with van der Waals surface area (Å²) in [6, 6.07) is 4.28. The van der Waals surface area contributed by atoms with Crippen molar-refractivity contribution in [1.29, 1.82) is 0 Å². The smallest absolute Gasteiger partial charge is 0.131 e. The summed E-state index contributed by atoms with van der Waals surface area (Å²) < 4.78 is 5.71. The number of hydrogen-bond donors (Lipinski definition) is 1. The molecule has 2 atom stereocenters. The van der Waals surface area contributed by atoms with Crippen molar-refractivity contribution in [3.8, 4) is 0 Å². The lowest BCUT2D eigenvalue weighted by Gasteiger charge is -2.34. The minimum Gasteiger partial charge on any atom is -0.375 e. The van der Waals surface area contributed by atoms with Crippen LogP contribution in [0, 0.1) is 0 Å². The van der Waals surface area contributed by atoms with E-state index in [2.05, 4.69) is 22.9 Å². The molecule has 100 valence electrons. The molecule has 2 N–H and O–H groups in total. The maximum absolute atomic E-state index is 5.91. The van der Waals surface area contributed by atoms with Gasteiger partial charge in [-0.3, -0.25) is 0 Å². The highest BCUT2D eigenvalue weighted by Gasteiger charge is 2.21. The first-order valence-electron chi connectivity index (χ1n) is 6.76. The molecule has 0 radical (unpaired) electrons. The minimum atomic E-state index is 0.163. The largest absolute Gasteiger partial charge is 0.375 e. The molecule has 1 saturated heterocycles. The van der Waals surface area contributed by atoms with Gasteiger partial charge < -0.3 is 15.4 Å². The zero-order valence-electron chi connectivity index (χ0n) is 11.3. The second-order valence-electron chi connectivity index (χ2n) is 5.01. The average molecular weight is 249 g/mol. The summed E-state index contributed by atoms with van der Waals surface area (Å²) in [4.78, 5) is 6.87. The number of morpholine rings is 1. The molecule has 0 aromatic carbocycles. The number of nitrogens with two attached hydrogens (primary N) is 1. The summed E-state index contributed by atoms with van der Waals surface area (Å²) in [6.45, 7) is 6.83.